The molecular formula is C19H28N2O2. The molecule has 1 heterocycles. The summed E-state index contributed by atoms with van der Waals surface area (Å²) < 4.78 is 6.10. The summed E-state index contributed by atoms with van der Waals surface area (Å²) in [6.07, 6.45) is 8.14. The highest BCUT2D eigenvalue weighted by molar-refractivity contribution is 5.74. The number of likely N-dealkylation sites (tertiary alicyclic amines) is 1. The number of hydrogen-bond acceptors (Lipinski definition) is 3. The van der Waals surface area contributed by atoms with Gasteiger partial charge in [0.1, 0.15) is 5.75 Å². The van der Waals surface area contributed by atoms with Crippen LogP contribution in [-0.2, 0) is 11.3 Å². The van der Waals surface area contributed by atoms with Gasteiger partial charge in [0.25, 0.3) is 0 Å². The number of primary amides is 1. The van der Waals surface area contributed by atoms with Crippen LogP contribution in [0.1, 0.15) is 50.5 Å². The summed E-state index contributed by atoms with van der Waals surface area (Å²) >= 11 is 0. The molecule has 1 aromatic rings. The number of nitrogens with two attached hydrogens (primary N) is 1. The Morgan fingerprint density at radius 1 is 1.22 bits per heavy atom. The summed E-state index contributed by atoms with van der Waals surface area (Å²) in [4.78, 5) is 13.6. The van der Waals surface area contributed by atoms with E-state index in [1.165, 1.54) is 31.2 Å². The number of carbonyl (C=O) groups excluding carboxylic acids is 1. The molecule has 0 bridgehead atoms. The van der Waals surface area contributed by atoms with Crippen molar-refractivity contribution in [3.63, 3.8) is 0 Å². The highest BCUT2D eigenvalue weighted by atomic mass is 16.5. The minimum absolute atomic E-state index is 0.177. The van der Waals surface area contributed by atoms with Crippen LogP contribution in [0, 0.1) is 5.92 Å². The average molecular weight is 316 g/mol. The summed E-state index contributed by atoms with van der Waals surface area (Å²) in [7, 11) is 0. The number of benzene rings is 1. The highest BCUT2D eigenvalue weighted by Crippen LogP contribution is 2.26. The van der Waals surface area contributed by atoms with Crippen LogP contribution >= 0.6 is 0 Å². The van der Waals surface area contributed by atoms with Gasteiger partial charge in [-0.2, -0.15) is 0 Å². The molecule has 1 atom stereocenters. The molecule has 0 radical (unpaired) electrons. The first-order chi connectivity index (χ1) is 11.2. The first-order valence-corrected chi connectivity index (χ1v) is 8.95. The molecule has 0 unspecified atom stereocenters. The maximum atomic E-state index is 11.1. The van der Waals surface area contributed by atoms with Crippen LogP contribution in [0.25, 0.3) is 0 Å². The fourth-order valence-electron chi connectivity index (χ4n) is 3.92. The molecule has 1 aliphatic heterocycles. The second kappa shape index (κ2) is 7.82. The van der Waals surface area contributed by atoms with Gasteiger partial charge in [-0.3, -0.25) is 9.69 Å². The van der Waals surface area contributed by atoms with Gasteiger partial charge in [0.15, 0.2) is 0 Å². The van der Waals surface area contributed by atoms with Crippen molar-refractivity contribution in [3.8, 4) is 5.75 Å². The van der Waals surface area contributed by atoms with Crippen LogP contribution in [-0.4, -0.2) is 30.0 Å². The number of amides is 1. The lowest BCUT2D eigenvalue weighted by Crippen LogP contribution is -2.36. The molecule has 1 saturated heterocycles. The summed E-state index contributed by atoms with van der Waals surface area (Å²) in [6, 6.07) is 8.49. The Bertz CT molecular complexity index is 526. The molecule has 1 aliphatic carbocycles. The molecule has 4 nitrogen and oxygen atoms in total. The predicted molar refractivity (Wildman–Crippen MR) is 91.1 cm³/mol. The molecule has 1 saturated carbocycles. The van der Waals surface area contributed by atoms with Crippen molar-refractivity contribution in [2.75, 3.05) is 13.1 Å². The van der Waals surface area contributed by atoms with Crippen molar-refractivity contribution >= 4 is 5.91 Å². The van der Waals surface area contributed by atoms with E-state index in [9.17, 15) is 4.79 Å². The average Bonchev–Trinajstić information content (AvgIpc) is 3.00. The van der Waals surface area contributed by atoms with Crippen molar-refractivity contribution in [1.82, 2.24) is 4.90 Å². The molecule has 3 rings (SSSR count). The van der Waals surface area contributed by atoms with Crippen LogP contribution in [0.15, 0.2) is 24.3 Å². The Hall–Kier alpha value is -1.55. The molecule has 2 aliphatic rings. The quantitative estimate of drug-likeness (QED) is 0.877. The number of hydrogen-bond donors (Lipinski definition) is 1. The third-order valence-electron chi connectivity index (χ3n) is 5.00. The molecular weight excluding hydrogens is 288 g/mol. The van der Waals surface area contributed by atoms with Gasteiger partial charge in [0.05, 0.1) is 6.10 Å². The molecule has 1 amide bonds. The van der Waals surface area contributed by atoms with E-state index >= 15 is 0 Å². The van der Waals surface area contributed by atoms with Gasteiger partial charge in [-0.25, -0.2) is 0 Å². The number of rotatable bonds is 6. The topological polar surface area (TPSA) is 55.6 Å². The molecule has 2 N–H and O–H groups in total. The standard InChI is InChI=1S/C19H28N2O2/c20-19(22)12-16-6-4-10-21(14-16)13-15-5-3-9-18(11-15)23-17-7-1-2-8-17/h3,5,9,11,16-17H,1-2,4,6-8,10,12-14H2,(H2,20,22)/t16-/m1/s1. The number of ether oxygens (including phenoxy) is 1. The van der Waals surface area contributed by atoms with E-state index in [0.29, 0.717) is 18.4 Å². The third kappa shape index (κ3) is 4.96. The van der Waals surface area contributed by atoms with Crippen LogP contribution in [0.3, 0.4) is 0 Å². The Kier molecular flexibility index (Phi) is 5.55. The Labute approximate surface area is 139 Å². The molecule has 4 heteroatoms. The fraction of sp³-hybridized carbons (Fsp3) is 0.632. The van der Waals surface area contributed by atoms with Crippen molar-refractivity contribution in [2.45, 2.75) is 57.6 Å². The van der Waals surface area contributed by atoms with E-state index in [1.54, 1.807) is 0 Å². The van der Waals surface area contributed by atoms with Crippen molar-refractivity contribution < 1.29 is 9.53 Å². The van der Waals surface area contributed by atoms with Gasteiger partial charge in [-0.15, -0.1) is 0 Å². The summed E-state index contributed by atoms with van der Waals surface area (Å²) in [5, 5.41) is 0. The minimum atomic E-state index is -0.177. The SMILES string of the molecule is NC(=O)C[C@H]1CCCN(Cc2cccc(OC3CCCC3)c2)C1. The third-order valence-corrected chi connectivity index (χ3v) is 5.00. The second-order valence-electron chi connectivity index (χ2n) is 7.09. The van der Waals surface area contributed by atoms with E-state index < -0.39 is 0 Å². The van der Waals surface area contributed by atoms with E-state index in [2.05, 4.69) is 29.2 Å². The normalized spacial score (nSPS) is 23.0. The maximum Gasteiger partial charge on any atom is 0.217 e. The molecule has 0 aromatic heterocycles. The number of carbonyl (C=O) groups is 1. The smallest absolute Gasteiger partial charge is 0.217 e. The largest absolute Gasteiger partial charge is 0.490 e. The van der Waals surface area contributed by atoms with E-state index in [4.69, 9.17) is 10.5 Å². The van der Waals surface area contributed by atoms with Crippen LogP contribution in [0.4, 0.5) is 0 Å². The monoisotopic (exact) mass is 316 g/mol. The molecule has 126 valence electrons. The summed E-state index contributed by atoms with van der Waals surface area (Å²) in [5.41, 5.74) is 6.64. The van der Waals surface area contributed by atoms with Crippen LogP contribution < -0.4 is 10.5 Å². The maximum absolute atomic E-state index is 11.1. The van der Waals surface area contributed by atoms with Gasteiger partial charge in [0, 0.05) is 19.5 Å². The van der Waals surface area contributed by atoms with E-state index in [1.807, 2.05) is 0 Å². The van der Waals surface area contributed by atoms with Crippen LogP contribution in [0.5, 0.6) is 5.75 Å². The lowest BCUT2D eigenvalue weighted by molar-refractivity contribution is -0.119. The first kappa shape index (κ1) is 16.3. The summed E-state index contributed by atoms with van der Waals surface area (Å²) in [6.45, 7) is 3.00. The summed E-state index contributed by atoms with van der Waals surface area (Å²) in [5.74, 6) is 1.24. The van der Waals surface area contributed by atoms with Gasteiger partial charge in [-0.1, -0.05) is 12.1 Å². The predicted octanol–water partition coefficient (Wildman–Crippen LogP) is 3.10. The first-order valence-electron chi connectivity index (χ1n) is 8.95. The van der Waals surface area contributed by atoms with Gasteiger partial charge in [-0.05, 0) is 68.7 Å². The van der Waals surface area contributed by atoms with Gasteiger partial charge >= 0.3 is 0 Å². The van der Waals surface area contributed by atoms with Gasteiger partial charge in [0.2, 0.25) is 5.91 Å². The zero-order valence-electron chi connectivity index (χ0n) is 13.9. The molecule has 23 heavy (non-hydrogen) atoms. The molecule has 0 spiro atoms. The lowest BCUT2D eigenvalue weighted by atomic mass is 9.94. The van der Waals surface area contributed by atoms with Crippen LogP contribution in [0.2, 0.25) is 0 Å². The molecule has 1 aromatic carbocycles. The van der Waals surface area contributed by atoms with Crippen molar-refractivity contribution in [1.29, 1.82) is 0 Å². The Balaban J connectivity index is 1.55. The Morgan fingerprint density at radius 2 is 2.04 bits per heavy atom. The lowest BCUT2D eigenvalue weighted by Gasteiger charge is -2.32. The van der Waals surface area contributed by atoms with Crippen molar-refractivity contribution in [3.05, 3.63) is 29.8 Å². The van der Waals surface area contributed by atoms with E-state index in [0.717, 1.165) is 38.2 Å². The minimum Gasteiger partial charge on any atom is -0.490 e. The van der Waals surface area contributed by atoms with Crippen molar-refractivity contribution in [2.24, 2.45) is 11.7 Å². The zero-order valence-corrected chi connectivity index (χ0v) is 13.9. The zero-order chi connectivity index (χ0) is 16.1. The Morgan fingerprint density at radius 3 is 2.83 bits per heavy atom. The fourth-order valence-corrected chi connectivity index (χ4v) is 3.92. The molecule has 2 fully saturated rings. The van der Waals surface area contributed by atoms with E-state index in [-0.39, 0.29) is 5.91 Å². The highest BCUT2D eigenvalue weighted by Gasteiger charge is 2.21. The number of piperidine rings is 1. The number of nitrogens with zero attached hydrogens (tertiary/aromatic N) is 1. The van der Waals surface area contributed by atoms with Gasteiger partial charge < -0.3 is 10.5 Å². The second-order valence-corrected chi connectivity index (χ2v) is 7.09.